The van der Waals surface area contributed by atoms with Gasteiger partial charge in [0.05, 0.1) is 48.0 Å². The molecule has 3 N–H and O–H groups in total. The van der Waals surface area contributed by atoms with Gasteiger partial charge in [0.1, 0.15) is 12.1 Å². The van der Waals surface area contributed by atoms with Gasteiger partial charge in [0.25, 0.3) is 5.91 Å². The molecule has 4 amide bonds. The van der Waals surface area contributed by atoms with Crippen LogP contribution in [-0.2, 0) is 48.0 Å². The predicted octanol–water partition coefficient (Wildman–Crippen LogP) is 5.57. The molecule has 0 radical (unpaired) electrons. The van der Waals surface area contributed by atoms with Crippen molar-refractivity contribution in [2.45, 2.75) is 111 Å². The Hall–Kier alpha value is -4.94. The van der Waals surface area contributed by atoms with Gasteiger partial charge in [0.15, 0.2) is 0 Å². The normalized spacial score (nSPS) is 23.5. The standard InChI is InChI=1S/C48H66N8O8S/c1-11-32(39(49-12-2)30(6)62-10)41-34-23-46(7,8)26-64-44(59)48(61)17-14-19-56(52-48)43(58)35(22-38-50-36(24-65-38)31-15-16-37(33(34)21-31)55(41)13-3)51-42(57)40(29(4)5)53(9)45(60)54-20-18-47(25-54)27-63-28-47/h11-12,15-16,21,24,29-30,35,40,52,61H,1,13-14,17-20,22-23,25-28H2,2-10H3,(H,51,57)/b39-32+,49-12?/t30-,35-,40-,48-/m0/s1. The van der Waals surface area contributed by atoms with E-state index in [1.807, 2.05) is 59.1 Å². The number of aryl methyl sites for hydroxylation is 1. The number of allylic oxidation sites excluding steroid dienone is 2. The third-order valence-electron chi connectivity index (χ3n) is 13.3. The van der Waals surface area contributed by atoms with Crippen LogP contribution in [0.2, 0.25) is 0 Å². The van der Waals surface area contributed by atoms with Gasteiger partial charge in [-0.1, -0.05) is 46.4 Å². The number of hydrazine groups is 1. The van der Waals surface area contributed by atoms with E-state index in [-0.39, 0.29) is 55.9 Å². The predicted molar refractivity (Wildman–Crippen MR) is 251 cm³/mol. The first kappa shape index (κ1) is 48.0. The maximum absolute atomic E-state index is 14.6. The van der Waals surface area contributed by atoms with Crippen LogP contribution in [0, 0.1) is 16.7 Å². The maximum Gasteiger partial charge on any atom is 0.355 e. The van der Waals surface area contributed by atoms with Crippen LogP contribution in [0.15, 0.2) is 46.9 Å². The van der Waals surface area contributed by atoms with E-state index in [1.54, 1.807) is 25.3 Å². The lowest BCUT2D eigenvalue weighted by Gasteiger charge is -2.40. The minimum atomic E-state index is -2.22. The fourth-order valence-electron chi connectivity index (χ4n) is 9.77. The minimum Gasteiger partial charge on any atom is -0.462 e. The molecule has 3 fully saturated rings. The van der Waals surface area contributed by atoms with Crippen LogP contribution in [0.5, 0.6) is 0 Å². The molecule has 3 saturated heterocycles. The molecular weight excluding hydrogens is 849 g/mol. The minimum absolute atomic E-state index is 0.00203. The van der Waals surface area contributed by atoms with E-state index in [0.29, 0.717) is 50.0 Å². The molecule has 1 spiro atoms. The van der Waals surface area contributed by atoms with Crippen molar-refractivity contribution in [2.75, 3.05) is 53.6 Å². The Morgan fingerprint density at radius 1 is 1.18 bits per heavy atom. The highest BCUT2D eigenvalue weighted by atomic mass is 32.1. The number of aliphatic hydroxyl groups is 1. The number of nitrogens with one attached hydrogen (secondary N) is 2. The quantitative estimate of drug-likeness (QED) is 0.132. The lowest BCUT2D eigenvalue weighted by Crippen LogP contribution is -2.67. The first-order valence-electron chi connectivity index (χ1n) is 22.8. The SMILES string of the molecule is C=C/C(=C(\N=CC)[C@H](C)OC)c1c2c3cc(ccc3n1CC)-c1csc(n1)C[C@H](NC(=O)[C@H](C(C)C)N(C)C(=O)N1CCC3(COC3)C1)C(=O)N1CCC[C@@](O)(N1)C(=O)OCC(C)(C)C2. The van der Waals surface area contributed by atoms with Crippen molar-refractivity contribution in [3.8, 4) is 11.3 Å². The van der Waals surface area contributed by atoms with Gasteiger partial charge in [0.2, 0.25) is 11.6 Å². The van der Waals surface area contributed by atoms with Crippen LogP contribution < -0.4 is 10.7 Å². The van der Waals surface area contributed by atoms with Crippen LogP contribution in [0.1, 0.15) is 84.0 Å². The van der Waals surface area contributed by atoms with Gasteiger partial charge in [-0.05, 0) is 63.6 Å². The number of carbonyl (C=O) groups excluding carboxylic acids is 4. The fraction of sp³-hybridized carbons (Fsp3) is 0.583. The molecule has 6 bridgehead atoms. The number of hydrogen-bond acceptors (Lipinski definition) is 12. The Balaban J connectivity index is 1.30. The van der Waals surface area contributed by atoms with Crippen LogP contribution in [-0.4, -0.2) is 137 Å². The molecule has 17 heteroatoms. The van der Waals surface area contributed by atoms with Crippen molar-refractivity contribution in [2.24, 2.45) is 21.7 Å². The maximum atomic E-state index is 14.6. The number of aliphatic imine (C=N–C) groups is 1. The number of rotatable bonds is 10. The Kier molecular flexibility index (Phi) is 14.1. The summed E-state index contributed by atoms with van der Waals surface area (Å²) in [7, 11) is 3.27. The van der Waals surface area contributed by atoms with E-state index in [4.69, 9.17) is 24.2 Å². The van der Waals surface area contributed by atoms with Crippen molar-refractivity contribution >= 4 is 57.8 Å². The summed E-state index contributed by atoms with van der Waals surface area (Å²) in [4.78, 5) is 70.0. The van der Waals surface area contributed by atoms with E-state index in [9.17, 15) is 24.3 Å². The average molecular weight is 915 g/mol. The third-order valence-corrected chi connectivity index (χ3v) is 14.2. The molecule has 1 aromatic carbocycles. The van der Waals surface area contributed by atoms with E-state index < -0.39 is 41.0 Å². The number of nitrogens with zero attached hydrogens (tertiary/aromatic N) is 6. The van der Waals surface area contributed by atoms with Gasteiger partial charge < -0.3 is 39.0 Å². The number of fused-ring (bicyclic) bond motifs is 6. The van der Waals surface area contributed by atoms with Gasteiger partial charge in [-0.15, -0.1) is 11.3 Å². The van der Waals surface area contributed by atoms with E-state index in [2.05, 4.69) is 40.9 Å². The highest BCUT2D eigenvalue weighted by molar-refractivity contribution is 7.10. The van der Waals surface area contributed by atoms with Crippen LogP contribution >= 0.6 is 11.3 Å². The van der Waals surface area contributed by atoms with Gasteiger partial charge >= 0.3 is 12.0 Å². The van der Waals surface area contributed by atoms with E-state index >= 15 is 0 Å². The molecule has 65 heavy (non-hydrogen) atoms. The Morgan fingerprint density at radius 3 is 2.57 bits per heavy atom. The molecule has 4 atom stereocenters. The first-order valence-corrected chi connectivity index (χ1v) is 23.6. The number of hydrogen-bond donors (Lipinski definition) is 3. The van der Waals surface area contributed by atoms with Gasteiger partial charge in [-0.2, -0.15) is 5.43 Å². The van der Waals surface area contributed by atoms with Crippen molar-refractivity contribution in [3.05, 3.63) is 58.2 Å². The number of likely N-dealkylation sites (N-methyl/N-ethyl adjacent to an activating group) is 1. The second-order valence-corrected chi connectivity index (χ2v) is 20.1. The molecule has 7 rings (SSSR count). The number of thiazole rings is 1. The molecule has 4 aliphatic heterocycles. The summed E-state index contributed by atoms with van der Waals surface area (Å²) < 4.78 is 19.5. The van der Waals surface area contributed by atoms with E-state index in [0.717, 1.165) is 45.4 Å². The first-order chi connectivity index (χ1) is 30.9. The second-order valence-electron chi connectivity index (χ2n) is 19.2. The Bertz CT molecular complexity index is 2380. The molecule has 0 aliphatic carbocycles. The number of urea groups is 1. The fourth-order valence-corrected chi connectivity index (χ4v) is 10.6. The van der Waals surface area contributed by atoms with Gasteiger partial charge in [-0.25, -0.2) is 14.6 Å². The number of benzene rings is 1. The zero-order chi connectivity index (χ0) is 47.0. The molecule has 4 aliphatic rings. The number of esters is 1. The van der Waals surface area contributed by atoms with Crippen LogP contribution in [0.4, 0.5) is 4.79 Å². The van der Waals surface area contributed by atoms with Crippen LogP contribution in [0.25, 0.3) is 27.7 Å². The van der Waals surface area contributed by atoms with Crippen molar-refractivity contribution < 1.29 is 38.5 Å². The molecule has 2 aromatic heterocycles. The molecule has 0 saturated carbocycles. The summed E-state index contributed by atoms with van der Waals surface area (Å²) in [5.41, 5.74) is 5.91. The monoisotopic (exact) mass is 914 g/mol. The number of cyclic esters (lactones) is 1. The Morgan fingerprint density at radius 2 is 1.94 bits per heavy atom. The number of amides is 4. The molecular formula is C48H66N8O8S. The summed E-state index contributed by atoms with van der Waals surface area (Å²) in [5, 5.41) is 19.6. The molecule has 3 aromatic rings. The number of likely N-dealkylation sites (tertiary alicyclic amines) is 1. The summed E-state index contributed by atoms with van der Waals surface area (Å²) >= 11 is 1.37. The molecule has 352 valence electrons. The van der Waals surface area contributed by atoms with Gasteiger partial charge in [-0.3, -0.25) is 19.6 Å². The third kappa shape index (κ3) is 9.53. The van der Waals surface area contributed by atoms with Crippen molar-refractivity contribution in [1.29, 1.82) is 0 Å². The number of aromatic nitrogens is 2. The lowest BCUT2D eigenvalue weighted by atomic mass is 9.84. The van der Waals surface area contributed by atoms with E-state index in [1.165, 1.54) is 21.2 Å². The molecule has 16 nitrogen and oxygen atoms in total. The highest BCUT2D eigenvalue weighted by Crippen LogP contribution is 2.41. The van der Waals surface area contributed by atoms with Crippen molar-refractivity contribution in [3.63, 3.8) is 0 Å². The average Bonchev–Trinajstić information content (AvgIpc) is 4.01. The Labute approximate surface area is 386 Å². The summed E-state index contributed by atoms with van der Waals surface area (Å²) in [6.45, 7) is 21.0. The van der Waals surface area contributed by atoms with Crippen LogP contribution in [0.3, 0.4) is 0 Å². The summed E-state index contributed by atoms with van der Waals surface area (Å²) in [6, 6.07) is 3.91. The zero-order valence-electron chi connectivity index (χ0n) is 39.4. The van der Waals surface area contributed by atoms with Gasteiger partial charge in [0, 0.05) is 97.6 Å². The summed E-state index contributed by atoms with van der Waals surface area (Å²) in [6.07, 6.45) is 4.82. The largest absolute Gasteiger partial charge is 0.462 e. The lowest BCUT2D eigenvalue weighted by molar-refractivity contribution is -0.189. The number of carbonyl (C=O) groups is 4. The topological polar surface area (TPSA) is 180 Å². The number of methoxy groups -OCH3 is 1. The second kappa shape index (κ2) is 19.1. The number of ether oxygens (including phenoxy) is 3. The smallest absolute Gasteiger partial charge is 0.355 e. The molecule has 6 heterocycles. The summed E-state index contributed by atoms with van der Waals surface area (Å²) in [5.74, 6) is -2.28. The molecule has 0 unspecified atom stereocenters. The highest BCUT2D eigenvalue weighted by Gasteiger charge is 2.48. The zero-order valence-corrected chi connectivity index (χ0v) is 40.2. The van der Waals surface area contributed by atoms with Crippen molar-refractivity contribution in [1.82, 2.24) is 35.1 Å².